The summed E-state index contributed by atoms with van der Waals surface area (Å²) in [4.78, 5) is 1.37. The second-order valence-corrected chi connectivity index (χ2v) is 4.63. The zero-order chi connectivity index (χ0) is 10.2. The maximum atomic E-state index is 3.37. The molecule has 0 aliphatic heterocycles. The minimum Gasteiger partial charge on any atom is -0.317 e. The van der Waals surface area contributed by atoms with Crippen LogP contribution in [0.5, 0.6) is 0 Å². The van der Waals surface area contributed by atoms with Crippen LogP contribution < -0.4 is 5.32 Å². The van der Waals surface area contributed by atoms with Gasteiger partial charge in [0.25, 0.3) is 0 Å². The summed E-state index contributed by atoms with van der Waals surface area (Å²) in [6.45, 7) is 6.63. The molecule has 1 aromatic carbocycles. The largest absolute Gasteiger partial charge is 0.317 e. The average Bonchev–Trinajstić information content (AvgIpc) is 2.25. The topological polar surface area (TPSA) is 12.0 Å². The molecule has 0 spiro atoms. The summed E-state index contributed by atoms with van der Waals surface area (Å²) in [7, 11) is 0. The lowest BCUT2D eigenvalue weighted by Gasteiger charge is -2.10. The predicted molar refractivity (Wildman–Crippen MR) is 64.9 cm³/mol. The van der Waals surface area contributed by atoms with Crippen molar-refractivity contribution in [2.24, 2.45) is 5.92 Å². The maximum absolute atomic E-state index is 3.37. The molecule has 2 heteroatoms. The highest BCUT2D eigenvalue weighted by molar-refractivity contribution is 7.99. The number of benzene rings is 1. The van der Waals surface area contributed by atoms with Gasteiger partial charge >= 0.3 is 0 Å². The van der Waals surface area contributed by atoms with Crippen molar-refractivity contribution in [3.8, 4) is 0 Å². The Bertz CT molecular complexity index is 235. The van der Waals surface area contributed by atoms with Gasteiger partial charge in [0.2, 0.25) is 0 Å². The Morgan fingerprint density at radius 2 is 2.00 bits per heavy atom. The van der Waals surface area contributed by atoms with Crippen LogP contribution in [0.15, 0.2) is 35.2 Å². The van der Waals surface area contributed by atoms with E-state index >= 15 is 0 Å². The smallest absolute Gasteiger partial charge is 0.00720 e. The first-order chi connectivity index (χ1) is 6.83. The molecule has 0 heterocycles. The quantitative estimate of drug-likeness (QED) is 0.723. The average molecular weight is 209 g/mol. The van der Waals surface area contributed by atoms with E-state index in [1.54, 1.807) is 0 Å². The molecular weight excluding hydrogens is 190 g/mol. The normalized spacial score (nSPS) is 12.7. The molecule has 1 unspecified atom stereocenters. The highest BCUT2D eigenvalue weighted by atomic mass is 32.2. The predicted octanol–water partition coefficient (Wildman–Crippen LogP) is 3.02. The Hall–Kier alpha value is -0.470. The molecule has 78 valence electrons. The number of rotatable bonds is 6. The standard InChI is InChI=1S/C12H19NS/c1-3-13-9-11(2)10-14-12-7-5-4-6-8-12/h4-8,11,13H,3,9-10H2,1-2H3. The van der Waals surface area contributed by atoms with E-state index in [2.05, 4.69) is 49.5 Å². The van der Waals surface area contributed by atoms with Crippen molar-refractivity contribution < 1.29 is 0 Å². The summed E-state index contributed by atoms with van der Waals surface area (Å²) in [6.07, 6.45) is 0. The molecule has 0 aromatic heterocycles. The van der Waals surface area contributed by atoms with Crippen LogP contribution in [0.25, 0.3) is 0 Å². The summed E-state index contributed by atoms with van der Waals surface area (Å²) in [6, 6.07) is 10.6. The molecule has 0 radical (unpaired) electrons. The van der Waals surface area contributed by atoms with E-state index in [0.717, 1.165) is 19.0 Å². The third-order valence-electron chi connectivity index (χ3n) is 2.02. The van der Waals surface area contributed by atoms with E-state index in [-0.39, 0.29) is 0 Å². The van der Waals surface area contributed by atoms with Gasteiger partial charge in [-0.3, -0.25) is 0 Å². The maximum Gasteiger partial charge on any atom is 0.00720 e. The Balaban J connectivity index is 2.20. The zero-order valence-corrected chi connectivity index (χ0v) is 9.81. The molecule has 0 bridgehead atoms. The molecule has 0 aliphatic rings. The van der Waals surface area contributed by atoms with Gasteiger partial charge in [0.15, 0.2) is 0 Å². The molecule has 1 atom stereocenters. The first-order valence-corrected chi connectivity index (χ1v) is 6.20. The van der Waals surface area contributed by atoms with Gasteiger partial charge in [0.05, 0.1) is 0 Å². The van der Waals surface area contributed by atoms with E-state index in [0.29, 0.717) is 0 Å². The van der Waals surface area contributed by atoms with Crippen molar-refractivity contribution in [3.05, 3.63) is 30.3 Å². The fourth-order valence-corrected chi connectivity index (χ4v) is 2.15. The highest BCUT2D eigenvalue weighted by Gasteiger charge is 2.01. The second kappa shape index (κ2) is 6.91. The first kappa shape index (κ1) is 11.6. The van der Waals surface area contributed by atoms with Gasteiger partial charge in [-0.15, -0.1) is 11.8 Å². The van der Waals surface area contributed by atoms with Crippen LogP contribution in [-0.2, 0) is 0 Å². The minimum absolute atomic E-state index is 0.736. The van der Waals surface area contributed by atoms with Crippen molar-refractivity contribution in [2.75, 3.05) is 18.8 Å². The van der Waals surface area contributed by atoms with Crippen LogP contribution in [0.2, 0.25) is 0 Å². The second-order valence-electron chi connectivity index (χ2n) is 3.54. The molecule has 1 N–H and O–H groups in total. The lowest BCUT2D eigenvalue weighted by atomic mass is 10.2. The van der Waals surface area contributed by atoms with Crippen molar-refractivity contribution in [2.45, 2.75) is 18.7 Å². The Morgan fingerprint density at radius 3 is 2.64 bits per heavy atom. The summed E-state index contributed by atoms with van der Waals surface area (Å²) in [5, 5.41) is 3.37. The minimum atomic E-state index is 0.736. The lowest BCUT2D eigenvalue weighted by molar-refractivity contribution is 0.574. The van der Waals surface area contributed by atoms with E-state index < -0.39 is 0 Å². The molecule has 1 rings (SSSR count). The Kier molecular flexibility index (Phi) is 5.72. The van der Waals surface area contributed by atoms with Gasteiger partial charge in [-0.1, -0.05) is 32.0 Å². The fraction of sp³-hybridized carbons (Fsp3) is 0.500. The molecule has 0 fully saturated rings. The monoisotopic (exact) mass is 209 g/mol. The fourth-order valence-electron chi connectivity index (χ4n) is 1.20. The molecule has 1 nitrogen and oxygen atoms in total. The summed E-state index contributed by atoms with van der Waals surface area (Å²) >= 11 is 1.94. The SMILES string of the molecule is CCNCC(C)CSc1ccccc1. The third-order valence-corrected chi connectivity index (χ3v) is 3.36. The van der Waals surface area contributed by atoms with Crippen LogP contribution >= 0.6 is 11.8 Å². The van der Waals surface area contributed by atoms with Crippen LogP contribution in [-0.4, -0.2) is 18.8 Å². The molecule has 0 amide bonds. The summed E-state index contributed by atoms with van der Waals surface area (Å²) < 4.78 is 0. The first-order valence-electron chi connectivity index (χ1n) is 5.21. The third kappa shape index (κ3) is 4.68. The van der Waals surface area contributed by atoms with Crippen molar-refractivity contribution >= 4 is 11.8 Å². The van der Waals surface area contributed by atoms with Gasteiger partial charge in [-0.2, -0.15) is 0 Å². The van der Waals surface area contributed by atoms with Gasteiger partial charge in [0, 0.05) is 10.6 Å². The van der Waals surface area contributed by atoms with Crippen LogP contribution in [0.3, 0.4) is 0 Å². The highest BCUT2D eigenvalue weighted by Crippen LogP contribution is 2.19. The van der Waals surface area contributed by atoms with Gasteiger partial charge < -0.3 is 5.32 Å². The molecule has 1 aromatic rings. The number of nitrogens with one attached hydrogen (secondary N) is 1. The number of thioether (sulfide) groups is 1. The van der Waals surface area contributed by atoms with Crippen molar-refractivity contribution in [1.29, 1.82) is 0 Å². The van der Waals surface area contributed by atoms with Gasteiger partial charge in [0.1, 0.15) is 0 Å². The Morgan fingerprint density at radius 1 is 1.29 bits per heavy atom. The number of hydrogen-bond donors (Lipinski definition) is 1. The van der Waals surface area contributed by atoms with E-state index in [4.69, 9.17) is 0 Å². The van der Waals surface area contributed by atoms with E-state index in [9.17, 15) is 0 Å². The molecule has 14 heavy (non-hydrogen) atoms. The van der Waals surface area contributed by atoms with Crippen molar-refractivity contribution in [1.82, 2.24) is 5.32 Å². The molecular formula is C12H19NS. The Labute approximate surface area is 91.3 Å². The van der Waals surface area contributed by atoms with E-state index in [1.165, 1.54) is 10.6 Å². The molecule has 0 saturated heterocycles. The van der Waals surface area contributed by atoms with Crippen molar-refractivity contribution in [3.63, 3.8) is 0 Å². The molecule has 0 aliphatic carbocycles. The van der Waals surface area contributed by atoms with Crippen LogP contribution in [0.1, 0.15) is 13.8 Å². The zero-order valence-electron chi connectivity index (χ0n) is 8.99. The summed E-state index contributed by atoms with van der Waals surface area (Å²) in [5.74, 6) is 1.93. The van der Waals surface area contributed by atoms with Crippen LogP contribution in [0.4, 0.5) is 0 Å². The molecule has 0 saturated carbocycles. The van der Waals surface area contributed by atoms with E-state index in [1.807, 2.05) is 11.8 Å². The summed E-state index contributed by atoms with van der Waals surface area (Å²) in [5.41, 5.74) is 0. The van der Waals surface area contributed by atoms with Gasteiger partial charge in [-0.05, 0) is 31.1 Å². The number of hydrogen-bond acceptors (Lipinski definition) is 2. The van der Waals surface area contributed by atoms with Crippen LogP contribution in [0, 0.1) is 5.92 Å². The lowest BCUT2D eigenvalue weighted by Crippen LogP contribution is -2.21. The van der Waals surface area contributed by atoms with Gasteiger partial charge in [-0.25, -0.2) is 0 Å².